The maximum Gasteiger partial charge on any atom is 0.160 e. The minimum Gasteiger partial charge on any atom is -0.295 e. The van der Waals surface area contributed by atoms with Gasteiger partial charge < -0.3 is 0 Å². The van der Waals surface area contributed by atoms with Crippen LogP contribution in [0.4, 0.5) is 0 Å². The summed E-state index contributed by atoms with van der Waals surface area (Å²) < 4.78 is 0. The smallest absolute Gasteiger partial charge is 0.160 e. The number of ketones is 1. The Kier molecular flexibility index (Phi) is 3.84. The number of aryl methyl sites for hydroxylation is 1. The average Bonchev–Trinajstić information content (AvgIpc) is 2.18. The lowest BCUT2D eigenvalue weighted by atomic mass is 9.96. The Labute approximate surface area is 91.8 Å². The van der Waals surface area contributed by atoms with Gasteiger partial charge in [-0.15, -0.1) is 0 Å². The van der Waals surface area contributed by atoms with E-state index in [1.54, 1.807) is 6.92 Å². The van der Waals surface area contributed by atoms with Crippen LogP contribution in [-0.2, 0) is 6.42 Å². The first-order chi connectivity index (χ1) is 7.06. The first-order valence-corrected chi connectivity index (χ1v) is 5.36. The van der Waals surface area contributed by atoms with E-state index < -0.39 is 0 Å². The highest BCUT2D eigenvalue weighted by Crippen LogP contribution is 2.19. The molecule has 1 nitrogen and oxygen atoms in total. The monoisotopic (exact) mass is 202 g/mol. The van der Waals surface area contributed by atoms with E-state index in [1.807, 2.05) is 25.1 Å². The van der Waals surface area contributed by atoms with Crippen molar-refractivity contribution in [3.63, 3.8) is 0 Å². The zero-order chi connectivity index (χ0) is 11.4. The highest BCUT2D eigenvalue weighted by atomic mass is 16.1. The Morgan fingerprint density at radius 2 is 2.00 bits per heavy atom. The zero-order valence-corrected chi connectivity index (χ0v) is 9.76. The van der Waals surface area contributed by atoms with Gasteiger partial charge in [0.1, 0.15) is 0 Å². The van der Waals surface area contributed by atoms with Crippen molar-refractivity contribution in [3.05, 3.63) is 41.5 Å². The second kappa shape index (κ2) is 4.92. The molecule has 0 aliphatic heterocycles. The molecule has 1 aromatic rings. The summed E-state index contributed by atoms with van der Waals surface area (Å²) in [6, 6.07) is 6.04. The van der Waals surface area contributed by atoms with Crippen molar-refractivity contribution < 1.29 is 4.79 Å². The van der Waals surface area contributed by atoms with Crippen LogP contribution in [0.2, 0.25) is 0 Å². The molecule has 0 aliphatic rings. The van der Waals surface area contributed by atoms with Gasteiger partial charge >= 0.3 is 0 Å². The van der Waals surface area contributed by atoms with Crippen LogP contribution in [0.25, 0.3) is 5.57 Å². The minimum atomic E-state index is 0.140. The number of Topliss-reactive ketones (excluding diaryl/α,β-unsaturated/α-hetero) is 1. The number of allylic oxidation sites excluding steroid dienone is 1. The molecule has 0 saturated heterocycles. The largest absolute Gasteiger partial charge is 0.295 e. The molecule has 0 aliphatic carbocycles. The summed E-state index contributed by atoms with van der Waals surface area (Å²) in [7, 11) is 0. The van der Waals surface area contributed by atoms with E-state index in [-0.39, 0.29) is 5.78 Å². The fourth-order valence-electron chi connectivity index (χ4n) is 1.66. The van der Waals surface area contributed by atoms with Crippen molar-refractivity contribution in [1.29, 1.82) is 0 Å². The van der Waals surface area contributed by atoms with Crippen molar-refractivity contribution in [2.75, 3.05) is 0 Å². The van der Waals surface area contributed by atoms with Gasteiger partial charge in [-0.25, -0.2) is 0 Å². The number of hydrogen-bond acceptors (Lipinski definition) is 1. The molecule has 0 heterocycles. The lowest BCUT2D eigenvalue weighted by Gasteiger charge is -2.08. The minimum absolute atomic E-state index is 0.140. The van der Waals surface area contributed by atoms with Gasteiger partial charge in [0, 0.05) is 5.56 Å². The SMILES string of the molecule is C=C(C)c1ccc(CCC)c(C(C)=O)c1. The molecule has 1 aromatic carbocycles. The summed E-state index contributed by atoms with van der Waals surface area (Å²) >= 11 is 0. The molecule has 0 fully saturated rings. The number of hydrogen-bond donors (Lipinski definition) is 0. The molecule has 0 N–H and O–H groups in total. The third-order valence-corrected chi connectivity index (χ3v) is 2.50. The van der Waals surface area contributed by atoms with Gasteiger partial charge in [-0.2, -0.15) is 0 Å². The molecule has 0 amide bonds. The second-order valence-corrected chi connectivity index (χ2v) is 3.96. The van der Waals surface area contributed by atoms with Crippen molar-refractivity contribution in [2.24, 2.45) is 0 Å². The quantitative estimate of drug-likeness (QED) is 0.677. The molecule has 0 atom stereocenters. The van der Waals surface area contributed by atoms with Gasteiger partial charge in [-0.1, -0.05) is 37.6 Å². The predicted octanol–water partition coefficient (Wildman–Crippen LogP) is 3.87. The normalized spacial score (nSPS) is 10.1. The summed E-state index contributed by atoms with van der Waals surface area (Å²) in [5, 5.41) is 0. The molecule has 0 saturated carbocycles. The van der Waals surface area contributed by atoms with E-state index in [0.717, 1.165) is 35.1 Å². The lowest BCUT2D eigenvalue weighted by molar-refractivity contribution is 0.101. The van der Waals surface area contributed by atoms with Crippen LogP contribution in [0.15, 0.2) is 24.8 Å². The van der Waals surface area contributed by atoms with Crippen LogP contribution in [0.5, 0.6) is 0 Å². The molecule has 15 heavy (non-hydrogen) atoms. The molecule has 0 bridgehead atoms. The van der Waals surface area contributed by atoms with Gasteiger partial charge in [0.2, 0.25) is 0 Å². The predicted molar refractivity (Wildman–Crippen MR) is 65.1 cm³/mol. The van der Waals surface area contributed by atoms with Crippen LogP contribution in [-0.4, -0.2) is 5.78 Å². The third kappa shape index (κ3) is 2.79. The average molecular weight is 202 g/mol. The van der Waals surface area contributed by atoms with Gasteiger partial charge in [-0.05, 0) is 37.5 Å². The summed E-state index contributed by atoms with van der Waals surface area (Å²) in [5.41, 5.74) is 4.05. The molecule has 0 spiro atoms. The lowest BCUT2D eigenvalue weighted by Crippen LogP contribution is -2.00. The third-order valence-electron chi connectivity index (χ3n) is 2.50. The first-order valence-electron chi connectivity index (χ1n) is 5.36. The maximum atomic E-state index is 11.5. The van der Waals surface area contributed by atoms with E-state index in [9.17, 15) is 4.79 Å². The number of benzene rings is 1. The molecule has 1 heteroatoms. The Morgan fingerprint density at radius 3 is 2.47 bits per heavy atom. The summed E-state index contributed by atoms with van der Waals surface area (Å²) in [5.74, 6) is 0.140. The maximum absolute atomic E-state index is 11.5. The molecule has 0 aromatic heterocycles. The summed E-state index contributed by atoms with van der Waals surface area (Å²) in [6.45, 7) is 9.59. The Bertz CT molecular complexity index is 388. The van der Waals surface area contributed by atoms with Crippen molar-refractivity contribution >= 4 is 11.4 Å². The number of carbonyl (C=O) groups is 1. The van der Waals surface area contributed by atoms with Crippen LogP contribution >= 0.6 is 0 Å². The number of rotatable bonds is 4. The highest BCUT2D eigenvalue weighted by molar-refractivity contribution is 5.96. The molecular formula is C14H18O. The fraction of sp³-hybridized carbons (Fsp3) is 0.357. The molecule has 0 radical (unpaired) electrons. The number of carbonyl (C=O) groups excluding carboxylic acids is 1. The van der Waals surface area contributed by atoms with Gasteiger partial charge in [-0.3, -0.25) is 4.79 Å². The highest BCUT2D eigenvalue weighted by Gasteiger charge is 2.07. The van der Waals surface area contributed by atoms with Crippen molar-refractivity contribution in [3.8, 4) is 0 Å². The molecule has 1 rings (SSSR count). The van der Waals surface area contributed by atoms with E-state index in [2.05, 4.69) is 13.5 Å². The van der Waals surface area contributed by atoms with Gasteiger partial charge in [0.05, 0.1) is 0 Å². The molecular weight excluding hydrogens is 184 g/mol. The zero-order valence-electron chi connectivity index (χ0n) is 9.76. The van der Waals surface area contributed by atoms with Gasteiger partial charge in [0.25, 0.3) is 0 Å². The Hall–Kier alpha value is -1.37. The fourth-order valence-corrected chi connectivity index (χ4v) is 1.66. The first kappa shape index (κ1) is 11.7. The molecule has 0 unspecified atom stereocenters. The topological polar surface area (TPSA) is 17.1 Å². The van der Waals surface area contributed by atoms with Crippen LogP contribution in [0, 0.1) is 0 Å². The Morgan fingerprint density at radius 1 is 1.33 bits per heavy atom. The van der Waals surface area contributed by atoms with Crippen LogP contribution in [0.3, 0.4) is 0 Å². The summed E-state index contributed by atoms with van der Waals surface area (Å²) in [6.07, 6.45) is 2.03. The Balaban J connectivity index is 3.20. The van der Waals surface area contributed by atoms with Crippen LogP contribution < -0.4 is 0 Å². The standard InChI is InChI=1S/C14H18O/c1-5-6-12-7-8-13(10(2)3)9-14(12)11(4)15/h7-9H,2,5-6H2,1,3-4H3. The van der Waals surface area contributed by atoms with E-state index in [0.29, 0.717) is 0 Å². The van der Waals surface area contributed by atoms with E-state index in [1.165, 1.54) is 0 Å². The summed E-state index contributed by atoms with van der Waals surface area (Å²) in [4.78, 5) is 11.5. The van der Waals surface area contributed by atoms with Gasteiger partial charge in [0.15, 0.2) is 5.78 Å². The van der Waals surface area contributed by atoms with E-state index in [4.69, 9.17) is 0 Å². The van der Waals surface area contributed by atoms with Crippen LogP contribution in [0.1, 0.15) is 48.7 Å². The van der Waals surface area contributed by atoms with Crippen molar-refractivity contribution in [1.82, 2.24) is 0 Å². The van der Waals surface area contributed by atoms with E-state index >= 15 is 0 Å². The second-order valence-electron chi connectivity index (χ2n) is 3.96. The van der Waals surface area contributed by atoms with Crippen molar-refractivity contribution in [2.45, 2.75) is 33.6 Å². The molecule has 80 valence electrons.